The predicted molar refractivity (Wildman–Crippen MR) is 89.7 cm³/mol. The number of hydrogen-bond donors (Lipinski definition) is 2. The molecule has 118 valence electrons. The van der Waals surface area contributed by atoms with Gasteiger partial charge >= 0.3 is 6.03 Å². The minimum absolute atomic E-state index is 0.299. The summed E-state index contributed by atoms with van der Waals surface area (Å²) in [5.74, 6) is 0.352. The van der Waals surface area contributed by atoms with Crippen LogP contribution in [0, 0.1) is 0 Å². The molecule has 0 unspecified atom stereocenters. The van der Waals surface area contributed by atoms with E-state index in [0.717, 1.165) is 18.4 Å². The van der Waals surface area contributed by atoms with Crippen LogP contribution in [-0.2, 0) is 6.54 Å². The van der Waals surface area contributed by atoms with Crippen molar-refractivity contribution in [1.82, 2.24) is 15.1 Å². The number of nitrogens with zero attached hydrogens (tertiary/aromatic N) is 2. The lowest BCUT2D eigenvalue weighted by Gasteiger charge is -2.05. The summed E-state index contributed by atoms with van der Waals surface area (Å²) in [6, 6.07) is 7.18. The molecule has 1 aromatic heterocycles. The van der Waals surface area contributed by atoms with Crippen LogP contribution in [0.5, 0.6) is 0 Å². The first-order valence-electron chi connectivity index (χ1n) is 7.10. The summed E-state index contributed by atoms with van der Waals surface area (Å²) in [7, 11) is 0. The van der Waals surface area contributed by atoms with E-state index in [1.165, 1.54) is 0 Å². The van der Waals surface area contributed by atoms with Crippen molar-refractivity contribution >= 4 is 35.1 Å². The monoisotopic (exact) mass is 340 g/mol. The van der Waals surface area contributed by atoms with Crippen LogP contribution in [0.3, 0.4) is 0 Å². The zero-order valence-electron chi connectivity index (χ0n) is 12.3. The van der Waals surface area contributed by atoms with E-state index in [0.29, 0.717) is 29.0 Å². The van der Waals surface area contributed by atoms with Gasteiger partial charge in [-0.3, -0.25) is 10.00 Å². The summed E-state index contributed by atoms with van der Waals surface area (Å²) in [5.41, 5.74) is 1.04. The maximum absolute atomic E-state index is 11.7. The molecular weight excluding hydrogens is 323 g/mol. The molecule has 0 fully saturated rings. The van der Waals surface area contributed by atoms with Gasteiger partial charge in [-0.25, -0.2) is 4.79 Å². The van der Waals surface area contributed by atoms with Gasteiger partial charge in [0.25, 0.3) is 0 Å². The van der Waals surface area contributed by atoms with Crippen LogP contribution in [0.15, 0.2) is 30.5 Å². The van der Waals surface area contributed by atoms with Crippen LogP contribution < -0.4 is 10.6 Å². The highest BCUT2D eigenvalue weighted by Crippen LogP contribution is 2.20. The molecule has 2 amide bonds. The lowest BCUT2D eigenvalue weighted by molar-refractivity contribution is 0.252. The van der Waals surface area contributed by atoms with E-state index >= 15 is 0 Å². The van der Waals surface area contributed by atoms with E-state index in [2.05, 4.69) is 22.7 Å². The molecule has 0 aliphatic rings. The summed E-state index contributed by atoms with van der Waals surface area (Å²) >= 11 is 12.0. The van der Waals surface area contributed by atoms with E-state index in [1.807, 2.05) is 24.3 Å². The Kier molecular flexibility index (Phi) is 6.10. The van der Waals surface area contributed by atoms with Crippen LogP contribution in [-0.4, -0.2) is 22.4 Å². The van der Waals surface area contributed by atoms with E-state index in [4.69, 9.17) is 23.2 Å². The van der Waals surface area contributed by atoms with Gasteiger partial charge in [0, 0.05) is 17.8 Å². The molecule has 2 aromatic rings. The van der Waals surface area contributed by atoms with Gasteiger partial charge in [-0.05, 0) is 24.1 Å². The fourth-order valence-corrected chi connectivity index (χ4v) is 2.19. The van der Waals surface area contributed by atoms with Gasteiger partial charge in [0.1, 0.15) is 5.02 Å². The van der Waals surface area contributed by atoms with Gasteiger partial charge in [-0.1, -0.05) is 48.7 Å². The Hall–Kier alpha value is -1.72. The van der Waals surface area contributed by atoms with E-state index in [1.54, 1.807) is 10.9 Å². The molecule has 0 atom stereocenters. The molecule has 1 aromatic carbocycles. The van der Waals surface area contributed by atoms with E-state index in [9.17, 15) is 4.79 Å². The molecular formula is C15H18Cl2N4O. The first kappa shape index (κ1) is 16.6. The second-order valence-electron chi connectivity index (χ2n) is 4.88. The van der Waals surface area contributed by atoms with Crippen LogP contribution in [0.4, 0.5) is 10.6 Å². The Morgan fingerprint density at radius 3 is 2.68 bits per heavy atom. The molecule has 1 heterocycles. The first-order chi connectivity index (χ1) is 10.6. The van der Waals surface area contributed by atoms with Crippen LogP contribution in [0.2, 0.25) is 10.0 Å². The lowest BCUT2D eigenvalue weighted by Crippen LogP contribution is -2.29. The zero-order valence-corrected chi connectivity index (χ0v) is 13.8. The molecule has 0 aliphatic heterocycles. The van der Waals surface area contributed by atoms with Crippen molar-refractivity contribution < 1.29 is 4.79 Å². The Bertz CT molecular complexity index is 625. The molecule has 0 saturated carbocycles. The number of benzene rings is 1. The van der Waals surface area contributed by atoms with Crippen LogP contribution >= 0.6 is 23.2 Å². The molecule has 7 heteroatoms. The van der Waals surface area contributed by atoms with Gasteiger partial charge in [-0.2, -0.15) is 5.10 Å². The fraction of sp³-hybridized carbons (Fsp3) is 0.333. The Balaban J connectivity index is 1.95. The van der Waals surface area contributed by atoms with Crippen molar-refractivity contribution in [3.63, 3.8) is 0 Å². The largest absolute Gasteiger partial charge is 0.338 e. The molecule has 0 radical (unpaired) electrons. The first-order valence-corrected chi connectivity index (χ1v) is 7.86. The molecule has 0 spiro atoms. The van der Waals surface area contributed by atoms with E-state index in [-0.39, 0.29) is 6.03 Å². The number of carbonyl (C=O) groups is 1. The highest BCUT2D eigenvalue weighted by atomic mass is 35.5. The van der Waals surface area contributed by atoms with Gasteiger partial charge < -0.3 is 5.32 Å². The molecule has 2 N–H and O–H groups in total. The fourth-order valence-electron chi connectivity index (χ4n) is 1.87. The van der Waals surface area contributed by atoms with Crippen molar-refractivity contribution in [2.24, 2.45) is 0 Å². The van der Waals surface area contributed by atoms with Crippen molar-refractivity contribution in [3.05, 3.63) is 46.1 Å². The summed E-state index contributed by atoms with van der Waals surface area (Å²) in [6.07, 6.45) is 3.64. The Morgan fingerprint density at radius 1 is 1.27 bits per heavy atom. The molecule has 22 heavy (non-hydrogen) atoms. The highest BCUT2D eigenvalue weighted by molar-refractivity contribution is 6.33. The Labute approximate surface area is 139 Å². The summed E-state index contributed by atoms with van der Waals surface area (Å²) in [4.78, 5) is 11.7. The number of unbranched alkanes of at least 4 members (excludes halogenated alkanes) is 1. The number of rotatable bonds is 6. The number of amides is 2. The number of carbonyl (C=O) groups excluding carboxylic acids is 1. The third-order valence-electron chi connectivity index (χ3n) is 3.02. The molecule has 2 rings (SSSR count). The number of urea groups is 1. The lowest BCUT2D eigenvalue weighted by atomic mass is 10.2. The number of hydrogen-bond acceptors (Lipinski definition) is 2. The zero-order chi connectivity index (χ0) is 15.9. The van der Waals surface area contributed by atoms with Crippen LogP contribution in [0.1, 0.15) is 25.3 Å². The van der Waals surface area contributed by atoms with Crippen LogP contribution in [0.25, 0.3) is 0 Å². The topological polar surface area (TPSA) is 59.0 Å². The second-order valence-corrected chi connectivity index (χ2v) is 5.73. The van der Waals surface area contributed by atoms with Crippen molar-refractivity contribution in [2.45, 2.75) is 26.3 Å². The summed E-state index contributed by atoms with van der Waals surface area (Å²) in [5, 5.41) is 10.8. The van der Waals surface area contributed by atoms with E-state index < -0.39 is 0 Å². The number of nitrogens with one attached hydrogen (secondary N) is 2. The summed E-state index contributed by atoms with van der Waals surface area (Å²) in [6.45, 7) is 3.25. The number of halogens is 2. The predicted octanol–water partition coefficient (Wildman–Crippen LogP) is 4.16. The second kappa shape index (κ2) is 8.06. The number of aromatic nitrogens is 2. The molecule has 0 aliphatic carbocycles. The average Bonchev–Trinajstić information content (AvgIpc) is 2.81. The smallest absolute Gasteiger partial charge is 0.320 e. The third kappa shape index (κ3) is 4.93. The maximum Gasteiger partial charge on any atom is 0.320 e. The standard InChI is InChI=1S/C15H18Cl2N4O/c1-2-3-8-18-15(22)19-14-13(17)10-21(20-14)9-11-4-6-12(16)7-5-11/h4-7,10H,2-3,8-9H2,1H3,(H2,18,19,20,22). The molecule has 0 bridgehead atoms. The number of anilines is 1. The van der Waals surface area contributed by atoms with Crippen molar-refractivity contribution in [2.75, 3.05) is 11.9 Å². The molecule has 5 nitrogen and oxygen atoms in total. The normalized spacial score (nSPS) is 10.5. The SMILES string of the molecule is CCCCNC(=O)Nc1nn(Cc2ccc(Cl)cc2)cc1Cl. The molecule has 0 saturated heterocycles. The highest BCUT2D eigenvalue weighted by Gasteiger charge is 2.10. The van der Waals surface area contributed by atoms with Gasteiger partial charge in [0.2, 0.25) is 0 Å². The summed E-state index contributed by atoms with van der Waals surface area (Å²) < 4.78 is 1.67. The van der Waals surface area contributed by atoms with Gasteiger partial charge in [-0.15, -0.1) is 0 Å². The van der Waals surface area contributed by atoms with Crippen molar-refractivity contribution in [3.8, 4) is 0 Å². The quantitative estimate of drug-likeness (QED) is 0.775. The minimum atomic E-state index is -0.299. The van der Waals surface area contributed by atoms with Crippen molar-refractivity contribution in [1.29, 1.82) is 0 Å². The average molecular weight is 341 g/mol. The van der Waals surface area contributed by atoms with Gasteiger partial charge in [0.15, 0.2) is 5.82 Å². The van der Waals surface area contributed by atoms with Gasteiger partial charge in [0.05, 0.1) is 6.54 Å². The Morgan fingerprint density at radius 2 is 2.00 bits per heavy atom. The minimum Gasteiger partial charge on any atom is -0.338 e. The third-order valence-corrected chi connectivity index (χ3v) is 3.55. The maximum atomic E-state index is 11.7.